The molecule has 0 aliphatic heterocycles. The molecule has 0 spiro atoms. The lowest BCUT2D eigenvalue weighted by Gasteiger charge is -2.38. The van der Waals surface area contributed by atoms with Gasteiger partial charge in [-0.25, -0.2) is 4.79 Å². The normalized spacial score (nSPS) is 15.8. The molecular formula is C15H19NO5. The Morgan fingerprint density at radius 1 is 1.19 bits per heavy atom. The molecule has 21 heavy (non-hydrogen) atoms. The van der Waals surface area contributed by atoms with E-state index in [0.717, 1.165) is 6.42 Å². The Bertz CT molecular complexity index is 578. The van der Waals surface area contributed by atoms with Crippen LogP contribution in [0.2, 0.25) is 0 Å². The van der Waals surface area contributed by atoms with Crippen molar-refractivity contribution in [3.05, 3.63) is 23.3 Å². The number of carboxylic acid groups (broad SMARTS) is 1. The molecule has 0 heterocycles. The third-order valence-electron chi connectivity index (χ3n) is 3.94. The van der Waals surface area contributed by atoms with Gasteiger partial charge in [-0.05, 0) is 43.9 Å². The van der Waals surface area contributed by atoms with E-state index >= 15 is 0 Å². The van der Waals surface area contributed by atoms with Crippen LogP contribution in [-0.4, -0.2) is 36.7 Å². The van der Waals surface area contributed by atoms with E-state index in [0.29, 0.717) is 35.5 Å². The third kappa shape index (κ3) is 2.66. The van der Waals surface area contributed by atoms with E-state index in [1.165, 1.54) is 14.2 Å². The average molecular weight is 293 g/mol. The monoisotopic (exact) mass is 293 g/mol. The maximum Gasteiger partial charge on any atom is 0.329 e. The summed E-state index contributed by atoms with van der Waals surface area (Å²) in [6, 6.07) is 3.26. The van der Waals surface area contributed by atoms with E-state index in [9.17, 15) is 14.7 Å². The summed E-state index contributed by atoms with van der Waals surface area (Å²) in [5.41, 5.74) is -0.0402. The largest absolute Gasteiger partial charge is 0.493 e. The van der Waals surface area contributed by atoms with Gasteiger partial charge in [-0.2, -0.15) is 0 Å². The van der Waals surface area contributed by atoms with Crippen LogP contribution in [0.1, 0.15) is 35.2 Å². The molecular weight excluding hydrogens is 274 g/mol. The zero-order valence-electron chi connectivity index (χ0n) is 12.4. The lowest BCUT2D eigenvalue weighted by molar-refractivity contribution is -0.148. The minimum atomic E-state index is -1.13. The van der Waals surface area contributed by atoms with E-state index in [-0.39, 0.29) is 0 Å². The number of hydrogen-bond acceptors (Lipinski definition) is 4. The highest BCUT2D eigenvalue weighted by atomic mass is 16.5. The van der Waals surface area contributed by atoms with Crippen LogP contribution in [0.5, 0.6) is 11.5 Å². The SMILES string of the molecule is COc1cc(C)c(C(=O)NC2(C(=O)O)CCC2)cc1OC. The van der Waals surface area contributed by atoms with Crippen molar-refractivity contribution in [3.8, 4) is 11.5 Å². The summed E-state index contributed by atoms with van der Waals surface area (Å²) >= 11 is 0. The molecule has 1 aliphatic rings. The summed E-state index contributed by atoms with van der Waals surface area (Å²) in [6.45, 7) is 1.77. The topological polar surface area (TPSA) is 84.9 Å². The van der Waals surface area contributed by atoms with Crippen LogP contribution in [0.4, 0.5) is 0 Å². The molecule has 0 atom stereocenters. The Balaban J connectivity index is 2.29. The summed E-state index contributed by atoms with van der Waals surface area (Å²) in [5.74, 6) is -0.426. The minimum absolute atomic E-state index is 0.389. The summed E-state index contributed by atoms with van der Waals surface area (Å²) < 4.78 is 10.4. The van der Waals surface area contributed by atoms with Crippen molar-refractivity contribution in [1.82, 2.24) is 5.32 Å². The number of aliphatic carboxylic acids is 1. The first kappa shape index (κ1) is 15.2. The van der Waals surface area contributed by atoms with Crippen molar-refractivity contribution < 1.29 is 24.2 Å². The molecule has 1 saturated carbocycles. The lowest BCUT2D eigenvalue weighted by atomic mass is 9.76. The van der Waals surface area contributed by atoms with Crippen molar-refractivity contribution >= 4 is 11.9 Å². The van der Waals surface area contributed by atoms with Gasteiger partial charge in [0.1, 0.15) is 5.54 Å². The lowest BCUT2D eigenvalue weighted by Crippen LogP contribution is -2.59. The molecule has 1 aromatic rings. The second kappa shape index (κ2) is 5.63. The third-order valence-corrected chi connectivity index (χ3v) is 3.94. The highest BCUT2D eigenvalue weighted by Crippen LogP contribution is 2.34. The molecule has 0 aromatic heterocycles. The highest BCUT2D eigenvalue weighted by molar-refractivity contribution is 5.99. The summed E-state index contributed by atoms with van der Waals surface area (Å²) in [6.07, 6.45) is 1.72. The molecule has 1 fully saturated rings. The molecule has 6 heteroatoms. The van der Waals surface area contributed by atoms with Crippen molar-refractivity contribution in [3.63, 3.8) is 0 Å². The van der Waals surface area contributed by atoms with E-state index in [2.05, 4.69) is 5.32 Å². The van der Waals surface area contributed by atoms with E-state index in [4.69, 9.17) is 9.47 Å². The highest BCUT2D eigenvalue weighted by Gasteiger charge is 2.45. The van der Waals surface area contributed by atoms with Crippen molar-refractivity contribution in [2.24, 2.45) is 0 Å². The van der Waals surface area contributed by atoms with E-state index in [1.54, 1.807) is 19.1 Å². The number of aryl methyl sites for hydroxylation is 1. The van der Waals surface area contributed by atoms with Crippen LogP contribution >= 0.6 is 0 Å². The molecule has 0 saturated heterocycles. The molecule has 114 valence electrons. The van der Waals surface area contributed by atoms with Gasteiger partial charge in [0.15, 0.2) is 11.5 Å². The van der Waals surface area contributed by atoms with Crippen molar-refractivity contribution in [1.29, 1.82) is 0 Å². The van der Waals surface area contributed by atoms with Crippen LogP contribution in [0.25, 0.3) is 0 Å². The fourth-order valence-electron chi connectivity index (χ4n) is 2.43. The molecule has 0 radical (unpaired) electrons. The molecule has 6 nitrogen and oxygen atoms in total. The number of ether oxygens (including phenoxy) is 2. The van der Waals surface area contributed by atoms with Gasteiger partial charge < -0.3 is 19.9 Å². The Hall–Kier alpha value is -2.24. The minimum Gasteiger partial charge on any atom is -0.493 e. The molecule has 0 unspecified atom stereocenters. The first-order valence-corrected chi connectivity index (χ1v) is 6.72. The maximum absolute atomic E-state index is 12.4. The van der Waals surface area contributed by atoms with Crippen LogP contribution in [0.15, 0.2) is 12.1 Å². The molecule has 1 aliphatic carbocycles. The number of carbonyl (C=O) groups excluding carboxylic acids is 1. The second-order valence-electron chi connectivity index (χ2n) is 5.22. The summed E-state index contributed by atoms with van der Waals surface area (Å²) in [4.78, 5) is 23.7. The average Bonchev–Trinajstić information content (AvgIpc) is 2.41. The van der Waals surface area contributed by atoms with Gasteiger partial charge in [0.05, 0.1) is 14.2 Å². The Morgan fingerprint density at radius 3 is 2.19 bits per heavy atom. The number of carboxylic acids is 1. The van der Waals surface area contributed by atoms with Gasteiger partial charge in [0.2, 0.25) is 0 Å². The molecule has 1 amide bonds. The smallest absolute Gasteiger partial charge is 0.329 e. The van der Waals surface area contributed by atoms with Crippen molar-refractivity contribution in [2.75, 3.05) is 14.2 Å². The molecule has 2 rings (SSSR count). The molecule has 2 N–H and O–H groups in total. The van der Waals surface area contributed by atoms with Crippen LogP contribution in [-0.2, 0) is 4.79 Å². The van der Waals surface area contributed by atoms with Crippen LogP contribution in [0, 0.1) is 6.92 Å². The number of benzene rings is 1. The first-order valence-electron chi connectivity index (χ1n) is 6.72. The fourth-order valence-corrected chi connectivity index (χ4v) is 2.43. The van der Waals surface area contributed by atoms with Gasteiger partial charge in [0.25, 0.3) is 5.91 Å². The molecule has 1 aromatic carbocycles. The number of carbonyl (C=O) groups is 2. The summed E-state index contributed by atoms with van der Waals surface area (Å²) in [7, 11) is 3.00. The Kier molecular flexibility index (Phi) is 4.06. The van der Waals surface area contributed by atoms with Gasteiger partial charge in [-0.1, -0.05) is 0 Å². The molecule has 0 bridgehead atoms. The quantitative estimate of drug-likeness (QED) is 0.864. The van der Waals surface area contributed by atoms with Crippen LogP contribution < -0.4 is 14.8 Å². The Labute approximate surface area is 123 Å². The second-order valence-corrected chi connectivity index (χ2v) is 5.22. The predicted molar refractivity (Wildman–Crippen MR) is 76.0 cm³/mol. The fraction of sp³-hybridized carbons (Fsp3) is 0.467. The Morgan fingerprint density at radius 2 is 1.76 bits per heavy atom. The number of amides is 1. The van der Waals surface area contributed by atoms with Gasteiger partial charge in [0, 0.05) is 5.56 Å². The first-order chi connectivity index (χ1) is 9.93. The zero-order chi connectivity index (χ0) is 15.6. The number of rotatable bonds is 5. The van der Waals surface area contributed by atoms with E-state index < -0.39 is 17.4 Å². The number of nitrogens with one attached hydrogen (secondary N) is 1. The standard InChI is InChI=1S/C15H19NO5/c1-9-7-11(20-2)12(21-3)8-10(9)13(17)16-15(14(18)19)5-4-6-15/h7-8H,4-6H2,1-3H3,(H,16,17)(H,18,19). The summed E-state index contributed by atoms with van der Waals surface area (Å²) in [5, 5.41) is 11.9. The number of methoxy groups -OCH3 is 2. The van der Waals surface area contributed by atoms with Crippen LogP contribution in [0.3, 0.4) is 0 Å². The zero-order valence-corrected chi connectivity index (χ0v) is 12.4. The maximum atomic E-state index is 12.4. The van der Waals surface area contributed by atoms with Gasteiger partial charge >= 0.3 is 5.97 Å². The van der Waals surface area contributed by atoms with Gasteiger partial charge in [-0.15, -0.1) is 0 Å². The van der Waals surface area contributed by atoms with Gasteiger partial charge in [-0.3, -0.25) is 4.79 Å². The van der Waals surface area contributed by atoms with Crippen molar-refractivity contribution in [2.45, 2.75) is 31.7 Å². The number of hydrogen-bond donors (Lipinski definition) is 2. The van der Waals surface area contributed by atoms with E-state index in [1.807, 2.05) is 0 Å². The predicted octanol–water partition coefficient (Wildman–Crippen LogP) is 1.75.